The molecule has 0 atom stereocenters. The van der Waals surface area contributed by atoms with E-state index in [0.29, 0.717) is 6.54 Å². The maximum atomic E-state index is 9.04. The number of nitrogens with one attached hydrogen (secondary N) is 1. The molecule has 0 spiro atoms. The Morgan fingerprint density at radius 1 is 1.14 bits per heavy atom. The molecule has 0 unspecified atom stereocenters. The SMILES string of the molecule is C=Nc1c(/C=C\C)cccc1NCc1ccc(CO)cc1. The molecule has 0 aromatic heterocycles. The Morgan fingerprint density at radius 3 is 2.48 bits per heavy atom. The van der Waals surface area contributed by atoms with E-state index in [2.05, 4.69) is 17.0 Å². The maximum Gasteiger partial charge on any atom is 0.0925 e. The second-order valence-electron chi connectivity index (χ2n) is 4.73. The highest BCUT2D eigenvalue weighted by molar-refractivity contribution is 5.78. The van der Waals surface area contributed by atoms with Crippen molar-refractivity contribution >= 4 is 24.2 Å². The molecule has 0 aliphatic carbocycles. The standard InChI is InChI=1S/C18H20N2O/c1-3-5-16-6-4-7-17(18(16)19-2)20-12-14-8-10-15(13-21)11-9-14/h3-11,20-21H,2,12-13H2,1H3/b5-3-. The van der Waals surface area contributed by atoms with Crippen LogP contribution >= 0.6 is 0 Å². The topological polar surface area (TPSA) is 44.6 Å². The van der Waals surface area contributed by atoms with Gasteiger partial charge in [-0.3, -0.25) is 4.99 Å². The van der Waals surface area contributed by atoms with Gasteiger partial charge in [-0.05, 0) is 30.8 Å². The van der Waals surface area contributed by atoms with Crippen LogP contribution in [0.15, 0.2) is 53.5 Å². The summed E-state index contributed by atoms with van der Waals surface area (Å²) >= 11 is 0. The third kappa shape index (κ3) is 3.80. The first-order chi connectivity index (χ1) is 10.3. The summed E-state index contributed by atoms with van der Waals surface area (Å²) in [6, 6.07) is 13.9. The Hall–Kier alpha value is -2.39. The van der Waals surface area contributed by atoms with E-state index in [1.54, 1.807) is 0 Å². The van der Waals surface area contributed by atoms with E-state index in [0.717, 1.165) is 28.1 Å². The smallest absolute Gasteiger partial charge is 0.0925 e. The lowest BCUT2D eigenvalue weighted by Gasteiger charge is -2.11. The van der Waals surface area contributed by atoms with Gasteiger partial charge in [0, 0.05) is 12.1 Å². The van der Waals surface area contributed by atoms with Crippen molar-refractivity contribution in [2.45, 2.75) is 20.1 Å². The number of allylic oxidation sites excluding steroid dienone is 1. The summed E-state index contributed by atoms with van der Waals surface area (Å²) in [6.07, 6.45) is 4.01. The molecular weight excluding hydrogens is 260 g/mol. The summed E-state index contributed by atoms with van der Waals surface area (Å²) in [5.41, 5.74) is 4.95. The van der Waals surface area contributed by atoms with Crippen molar-refractivity contribution in [1.29, 1.82) is 0 Å². The van der Waals surface area contributed by atoms with Crippen molar-refractivity contribution < 1.29 is 5.11 Å². The van der Waals surface area contributed by atoms with Gasteiger partial charge in [-0.2, -0.15) is 0 Å². The van der Waals surface area contributed by atoms with Crippen LogP contribution in [-0.4, -0.2) is 11.8 Å². The summed E-state index contributed by atoms with van der Waals surface area (Å²) in [7, 11) is 0. The van der Waals surface area contributed by atoms with E-state index in [1.165, 1.54) is 0 Å². The lowest BCUT2D eigenvalue weighted by Crippen LogP contribution is -2.00. The number of aliphatic imine (C=N–C) groups is 1. The molecule has 108 valence electrons. The minimum atomic E-state index is 0.0731. The van der Waals surface area contributed by atoms with Crippen LogP contribution in [0.4, 0.5) is 11.4 Å². The summed E-state index contributed by atoms with van der Waals surface area (Å²) in [6.45, 7) is 6.42. The Bertz CT molecular complexity index is 630. The highest BCUT2D eigenvalue weighted by Gasteiger charge is 2.04. The van der Waals surface area contributed by atoms with Crippen LogP contribution in [0.2, 0.25) is 0 Å². The summed E-state index contributed by atoms with van der Waals surface area (Å²) in [5, 5.41) is 12.4. The zero-order valence-corrected chi connectivity index (χ0v) is 12.2. The highest BCUT2D eigenvalue weighted by Crippen LogP contribution is 2.30. The van der Waals surface area contributed by atoms with Crippen LogP contribution in [0, 0.1) is 0 Å². The minimum absolute atomic E-state index is 0.0731. The monoisotopic (exact) mass is 280 g/mol. The molecule has 3 heteroatoms. The van der Waals surface area contributed by atoms with Crippen molar-refractivity contribution in [2.24, 2.45) is 4.99 Å². The zero-order valence-electron chi connectivity index (χ0n) is 12.2. The fourth-order valence-corrected chi connectivity index (χ4v) is 2.15. The lowest BCUT2D eigenvalue weighted by molar-refractivity contribution is 0.282. The van der Waals surface area contributed by atoms with Crippen LogP contribution in [0.1, 0.15) is 23.6 Å². The number of hydrogen-bond donors (Lipinski definition) is 2. The number of para-hydroxylation sites is 1. The van der Waals surface area contributed by atoms with Gasteiger partial charge in [-0.25, -0.2) is 0 Å². The molecule has 0 amide bonds. The molecule has 0 heterocycles. The Morgan fingerprint density at radius 2 is 1.86 bits per heavy atom. The van der Waals surface area contributed by atoms with Crippen molar-refractivity contribution in [2.75, 3.05) is 5.32 Å². The predicted octanol–water partition coefficient (Wildman–Crippen LogP) is 4.16. The second-order valence-corrected chi connectivity index (χ2v) is 4.73. The average molecular weight is 280 g/mol. The van der Waals surface area contributed by atoms with Gasteiger partial charge in [0.25, 0.3) is 0 Å². The van der Waals surface area contributed by atoms with E-state index in [-0.39, 0.29) is 6.61 Å². The van der Waals surface area contributed by atoms with E-state index in [9.17, 15) is 0 Å². The third-order valence-electron chi connectivity index (χ3n) is 3.26. The first-order valence-corrected chi connectivity index (χ1v) is 6.93. The van der Waals surface area contributed by atoms with Gasteiger partial charge in [0.1, 0.15) is 0 Å². The number of aliphatic hydroxyl groups is 1. The number of anilines is 1. The zero-order chi connectivity index (χ0) is 15.1. The molecule has 0 aliphatic rings. The van der Waals surface area contributed by atoms with Crippen LogP contribution in [0.5, 0.6) is 0 Å². The molecule has 0 radical (unpaired) electrons. The van der Waals surface area contributed by atoms with E-state index in [4.69, 9.17) is 5.11 Å². The molecule has 21 heavy (non-hydrogen) atoms. The molecule has 0 saturated heterocycles. The largest absolute Gasteiger partial charge is 0.392 e. The highest BCUT2D eigenvalue weighted by atomic mass is 16.3. The Labute approximate surface area is 125 Å². The maximum absolute atomic E-state index is 9.04. The van der Waals surface area contributed by atoms with Crippen molar-refractivity contribution in [3.63, 3.8) is 0 Å². The van der Waals surface area contributed by atoms with Gasteiger partial charge in [0.05, 0.1) is 18.0 Å². The normalized spacial score (nSPS) is 10.8. The first kappa shape index (κ1) is 15.0. The molecule has 0 saturated carbocycles. The van der Waals surface area contributed by atoms with Crippen LogP contribution in [0.3, 0.4) is 0 Å². The molecule has 2 aromatic rings. The number of rotatable bonds is 6. The summed E-state index contributed by atoms with van der Waals surface area (Å²) < 4.78 is 0. The average Bonchev–Trinajstić information content (AvgIpc) is 2.54. The van der Waals surface area contributed by atoms with E-state index < -0.39 is 0 Å². The van der Waals surface area contributed by atoms with Gasteiger partial charge in [-0.15, -0.1) is 0 Å². The van der Waals surface area contributed by atoms with Crippen LogP contribution < -0.4 is 5.32 Å². The number of benzene rings is 2. The number of hydrogen-bond acceptors (Lipinski definition) is 3. The van der Waals surface area contributed by atoms with Crippen LogP contribution in [-0.2, 0) is 13.2 Å². The van der Waals surface area contributed by atoms with Crippen LogP contribution in [0.25, 0.3) is 6.08 Å². The summed E-state index contributed by atoms with van der Waals surface area (Å²) in [5.74, 6) is 0. The van der Waals surface area contributed by atoms with E-state index in [1.807, 2.05) is 61.5 Å². The number of nitrogens with zero attached hydrogens (tertiary/aromatic N) is 1. The molecule has 0 aliphatic heterocycles. The fraction of sp³-hybridized carbons (Fsp3) is 0.167. The van der Waals surface area contributed by atoms with Crippen molar-refractivity contribution in [3.8, 4) is 0 Å². The lowest BCUT2D eigenvalue weighted by atomic mass is 10.1. The third-order valence-corrected chi connectivity index (χ3v) is 3.26. The second kappa shape index (κ2) is 7.41. The fourth-order valence-electron chi connectivity index (χ4n) is 2.15. The van der Waals surface area contributed by atoms with Gasteiger partial charge < -0.3 is 10.4 Å². The Balaban J connectivity index is 2.15. The van der Waals surface area contributed by atoms with E-state index >= 15 is 0 Å². The minimum Gasteiger partial charge on any atom is -0.392 e. The first-order valence-electron chi connectivity index (χ1n) is 6.93. The molecule has 0 fully saturated rings. The molecule has 2 rings (SSSR count). The molecular formula is C18H20N2O. The van der Waals surface area contributed by atoms with Gasteiger partial charge in [-0.1, -0.05) is 48.6 Å². The number of aliphatic hydroxyl groups excluding tert-OH is 1. The molecule has 3 nitrogen and oxygen atoms in total. The predicted molar refractivity (Wildman–Crippen MR) is 90.1 cm³/mol. The molecule has 2 N–H and O–H groups in total. The van der Waals surface area contributed by atoms with Crippen molar-refractivity contribution in [1.82, 2.24) is 0 Å². The summed E-state index contributed by atoms with van der Waals surface area (Å²) in [4.78, 5) is 4.13. The van der Waals surface area contributed by atoms with Gasteiger partial charge in [0.15, 0.2) is 0 Å². The quantitative estimate of drug-likeness (QED) is 0.780. The molecule has 2 aromatic carbocycles. The Kier molecular flexibility index (Phi) is 5.29. The van der Waals surface area contributed by atoms with Gasteiger partial charge >= 0.3 is 0 Å². The van der Waals surface area contributed by atoms with Gasteiger partial charge in [0.2, 0.25) is 0 Å². The van der Waals surface area contributed by atoms with Crippen molar-refractivity contribution in [3.05, 3.63) is 65.2 Å². The molecule has 0 bridgehead atoms.